The third kappa shape index (κ3) is 5.54. The maximum Gasteiger partial charge on any atom is 0.500 e. The molecule has 3 amide bonds. The predicted molar refractivity (Wildman–Crippen MR) is 85.7 cm³/mol. The minimum Gasteiger partial charge on any atom is -0.374 e. The largest absolute Gasteiger partial charge is 0.500 e. The SMILES string of the molecule is CCO[Si](CCCN1CC(=O)N(COC)C1=O)(OCC)OCC. The van der Waals surface area contributed by atoms with E-state index in [1.807, 2.05) is 20.8 Å². The van der Waals surface area contributed by atoms with Gasteiger partial charge < -0.3 is 22.9 Å². The van der Waals surface area contributed by atoms with Crippen molar-refractivity contribution in [3.05, 3.63) is 0 Å². The second-order valence-corrected chi connectivity index (χ2v) is 7.76. The van der Waals surface area contributed by atoms with Crippen molar-refractivity contribution in [1.82, 2.24) is 9.80 Å². The lowest BCUT2D eigenvalue weighted by Gasteiger charge is -2.29. The maximum absolute atomic E-state index is 12.1. The Labute approximate surface area is 139 Å². The van der Waals surface area contributed by atoms with Gasteiger partial charge in [-0.05, 0) is 27.2 Å². The predicted octanol–water partition coefficient (Wildman–Crippen LogP) is 1.29. The third-order valence-electron chi connectivity index (χ3n) is 3.39. The molecular weight excluding hydrogens is 320 g/mol. The average molecular weight is 348 g/mol. The Morgan fingerprint density at radius 1 is 1.04 bits per heavy atom. The first-order chi connectivity index (χ1) is 11.0. The van der Waals surface area contributed by atoms with Crippen molar-refractivity contribution in [2.75, 3.05) is 46.8 Å². The van der Waals surface area contributed by atoms with Gasteiger partial charge in [0.05, 0.1) is 0 Å². The minimum absolute atomic E-state index is 0.0102. The normalized spacial score (nSPS) is 15.8. The van der Waals surface area contributed by atoms with Gasteiger partial charge in [-0.25, -0.2) is 9.69 Å². The number of hydrogen-bond acceptors (Lipinski definition) is 6. The highest BCUT2D eigenvalue weighted by Gasteiger charge is 2.41. The van der Waals surface area contributed by atoms with Crippen LogP contribution in [0.4, 0.5) is 4.79 Å². The molecule has 0 aromatic carbocycles. The summed E-state index contributed by atoms with van der Waals surface area (Å²) in [5.74, 6) is -0.236. The molecular formula is C14H28N2O6Si. The van der Waals surface area contributed by atoms with E-state index in [9.17, 15) is 9.59 Å². The van der Waals surface area contributed by atoms with Gasteiger partial charge in [0.25, 0.3) is 5.91 Å². The Bertz CT molecular complexity index is 378. The quantitative estimate of drug-likeness (QED) is 0.391. The summed E-state index contributed by atoms with van der Waals surface area (Å²) in [6, 6.07) is 0.304. The van der Waals surface area contributed by atoms with Crippen LogP contribution in [-0.2, 0) is 22.8 Å². The molecule has 0 radical (unpaired) electrons. The molecule has 0 N–H and O–H groups in total. The summed E-state index contributed by atoms with van der Waals surface area (Å²) in [5, 5.41) is 0. The van der Waals surface area contributed by atoms with Gasteiger partial charge in [-0.15, -0.1) is 0 Å². The number of hydrogen-bond donors (Lipinski definition) is 0. The van der Waals surface area contributed by atoms with Gasteiger partial charge in [0.1, 0.15) is 13.3 Å². The summed E-state index contributed by atoms with van der Waals surface area (Å²) in [4.78, 5) is 26.5. The second-order valence-electron chi connectivity index (χ2n) is 5.03. The van der Waals surface area contributed by atoms with Gasteiger partial charge in [0.15, 0.2) is 0 Å². The van der Waals surface area contributed by atoms with Crippen molar-refractivity contribution in [3.63, 3.8) is 0 Å². The van der Waals surface area contributed by atoms with Crippen LogP contribution in [0.15, 0.2) is 0 Å². The molecule has 1 fully saturated rings. The summed E-state index contributed by atoms with van der Waals surface area (Å²) in [6.07, 6.45) is 0.659. The Hall–Kier alpha value is -1.00. The van der Waals surface area contributed by atoms with E-state index in [0.717, 1.165) is 4.90 Å². The first-order valence-electron chi connectivity index (χ1n) is 8.03. The van der Waals surface area contributed by atoms with E-state index < -0.39 is 8.80 Å². The zero-order chi connectivity index (χ0) is 17.3. The molecule has 1 aliphatic rings. The van der Waals surface area contributed by atoms with Crippen LogP contribution in [0.5, 0.6) is 0 Å². The molecule has 0 unspecified atom stereocenters. The van der Waals surface area contributed by atoms with E-state index in [-0.39, 0.29) is 25.2 Å². The van der Waals surface area contributed by atoms with Gasteiger partial charge in [0.2, 0.25) is 0 Å². The van der Waals surface area contributed by atoms with Gasteiger partial charge in [-0.2, -0.15) is 0 Å². The van der Waals surface area contributed by atoms with Gasteiger partial charge >= 0.3 is 14.8 Å². The van der Waals surface area contributed by atoms with Crippen LogP contribution in [0.2, 0.25) is 6.04 Å². The van der Waals surface area contributed by atoms with Crippen LogP contribution in [0.25, 0.3) is 0 Å². The molecule has 0 spiro atoms. The highest BCUT2D eigenvalue weighted by molar-refractivity contribution is 6.60. The number of rotatable bonds is 12. The van der Waals surface area contributed by atoms with Crippen LogP contribution in [0.3, 0.4) is 0 Å². The number of carbonyl (C=O) groups is 2. The lowest BCUT2D eigenvalue weighted by Crippen LogP contribution is -2.46. The fourth-order valence-corrected chi connectivity index (χ4v) is 5.11. The first kappa shape index (κ1) is 20.0. The number of ether oxygens (including phenoxy) is 1. The smallest absolute Gasteiger partial charge is 0.374 e. The number of urea groups is 1. The summed E-state index contributed by atoms with van der Waals surface area (Å²) in [6.45, 7) is 7.84. The maximum atomic E-state index is 12.1. The van der Waals surface area contributed by atoms with Crippen molar-refractivity contribution < 1.29 is 27.6 Å². The van der Waals surface area contributed by atoms with Crippen LogP contribution < -0.4 is 0 Å². The molecule has 1 saturated heterocycles. The summed E-state index contributed by atoms with van der Waals surface area (Å²) >= 11 is 0. The molecule has 8 nitrogen and oxygen atoms in total. The fourth-order valence-electron chi connectivity index (χ4n) is 2.51. The second kappa shape index (κ2) is 9.99. The molecule has 1 rings (SSSR count). The van der Waals surface area contributed by atoms with Crippen molar-refractivity contribution >= 4 is 20.7 Å². The van der Waals surface area contributed by atoms with Crippen molar-refractivity contribution in [1.29, 1.82) is 0 Å². The standard InChI is InChI=1S/C14H28N2O6Si/c1-5-20-23(21-6-2,22-7-3)10-8-9-15-11-13(17)16(12-19-4)14(15)18/h5-12H2,1-4H3. The van der Waals surface area contributed by atoms with Gasteiger partial charge in [-0.1, -0.05) is 0 Å². The van der Waals surface area contributed by atoms with E-state index in [4.69, 9.17) is 18.0 Å². The molecule has 9 heteroatoms. The van der Waals surface area contributed by atoms with Crippen LogP contribution in [0.1, 0.15) is 27.2 Å². The number of imide groups is 1. The van der Waals surface area contributed by atoms with Crippen molar-refractivity contribution in [2.24, 2.45) is 0 Å². The number of nitrogens with zero attached hydrogens (tertiary/aromatic N) is 2. The molecule has 0 saturated carbocycles. The zero-order valence-corrected chi connectivity index (χ0v) is 15.5. The highest BCUT2D eigenvalue weighted by Crippen LogP contribution is 2.20. The minimum atomic E-state index is -2.70. The molecule has 0 atom stereocenters. The number of amides is 3. The lowest BCUT2D eigenvalue weighted by molar-refractivity contribution is -0.128. The van der Waals surface area contributed by atoms with Gasteiger partial charge in [-0.3, -0.25) is 4.79 Å². The van der Waals surface area contributed by atoms with Crippen LogP contribution in [0, 0.1) is 0 Å². The summed E-state index contributed by atoms with van der Waals surface area (Å²) in [5.41, 5.74) is 0. The fraction of sp³-hybridized carbons (Fsp3) is 0.857. The summed E-state index contributed by atoms with van der Waals surface area (Å²) in [7, 11) is -1.25. The average Bonchev–Trinajstić information content (AvgIpc) is 2.76. The first-order valence-corrected chi connectivity index (χ1v) is 9.96. The monoisotopic (exact) mass is 348 g/mol. The van der Waals surface area contributed by atoms with E-state index in [1.165, 1.54) is 12.0 Å². The Morgan fingerprint density at radius 3 is 2.09 bits per heavy atom. The van der Waals surface area contributed by atoms with E-state index in [1.54, 1.807) is 0 Å². The zero-order valence-electron chi connectivity index (χ0n) is 14.5. The van der Waals surface area contributed by atoms with E-state index in [2.05, 4.69) is 0 Å². The molecule has 0 aliphatic carbocycles. The topological polar surface area (TPSA) is 77.5 Å². The Balaban J connectivity index is 2.55. The summed E-state index contributed by atoms with van der Waals surface area (Å²) < 4.78 is 22.2. The van der Waals surface area contributed by atoms with Crippen LogP contribution in [-0.4, -0.2) is 77.3 Å². The molecule has 1 heterocycles. The Morgan fingerprint density at radius 2 is 1.61 bits per heavy atom. The molecule has 23 heavy (non-hydrogen) atoms. The number of carbonyl (C=O) groups excluding carboxylic acids is 2. The van der Waals surface area contributed by atoms with E-state index in [0.29, 0.717) is 38.8 Å². The molecule has 1 aliphatic heterocycles. The molecule has 134 valence electrons. The lowest BCUT2D eigenvalue weighted by atomic mass is 10.4. The van der Waals surface area contributed by atoms with Crippen LogP contribution >= 0.6 is 0 Å². The third-order valence-corrected chi connectivity index (χ3v) is 6.54. The van der Waals surface area contributed by atoms with Crippen molar-refractivity contribution in [3.8, 4) is 0 Å². The Kier molecular flexibility index (Phi) is 8.70. The molecule has 0 aromatic heterocycles. The van der Waals surface area contributed by atoms with Crippen molar-refractivity contribution in [2.45, 2.75) is 33.2 Å². The van der Waals surface area contributed by atoms with Gasteiger partial charge in [0, 0.05) is 39.5 Å². The number of methoxy groups -OCH3 is 1. The molecule has 0 aromatic rings. The molecule has 0 bridgehead atoms. The van der Waals surface area contributed by atoms with E-state index >= 15 is 0 Å². The highest BCUT2D eigenvalue weighted by atomic mass is 28.4.